The van der Waals surface area contributed by atoms with Gasteiger partial charge in [0.25, 0.3) is 0 Å². The number of carboxylic acid groups (broad SMARTS) is 1. The van der Waals surface area contributed by atoms with Crippen molar-refractivity contribution in [3.8, 4) is 21.9 Å². The van der Waals surface area contributed by atoms with Crippen LogP contribution in [0.3, 0.4) is 0 Å². The number of aromatic carboxylic acids is 1. The van der Waals surface area contributed by atoms with Crippen LogP contribution in [0, 0.1) is 5.92 Å². The van der Waals surface area contributed by atoms with E-state index in [4.69, 9.17) is 14.6 Å². The maximum absolute atomic E-state index is 12.0. The summed E-state index contributed by atoms with van der Waals surface area (Å²) in [5.74, 6) is 0.831. The van der Waals surface area contributed by atoms with Crippen LogP contribution in [0.25, 0.3) is 16.1 Å². The molecule has 2 N–H and O–H groups in total. The van der Waals surface area contributed by atoms with E-state index in [1.54, 1.807) is 19.4 Å². The Bertz CT molecular complexity index is 1280. The number of hydrogen-bond acceptors (Lipinski definition) is 7. The standard InChI is InChI=1S/C26H28N4O4S/c1-17(2)12-20-15-24(29-30(20)19-6-4-7-21(14-19)34-10-9-33-3)28-25-22(26(31)32)13-18(16-27-25)23-8-5-11-35-23/h4-8,11,13-17H,9-10,12H2,1-3H3,(H,31,32)(H,27,28,29). The monoisotopic (exact) mass is 492 g/mol. The van der Waals surface area contributed by atoms with Crippen molar-refractivity contribution in [3.05, 3.63) is 71.4 Å². The van der Waals surface area contributed by atoms with E-state index >= 15 is 0 Å². The van der Waals surface area contributed by atoms with Crippen LogP contribution < -0.4 is 10.1 Å². The summed E-state index contributed by atoms with van der Waals surface area (Å²) in [5.41, 5.74) is 2.69. The third kappa shape index (κ3) is 6.06. The first-order valence-corrected chi connectivity index (χ1v) is 12.2. The van der Waals surface area contributed by atoms with Crippen molar-refractivity contribution in [1.29, 1.82) is 0 Å². The summed E-state index contributed by atoms with van der Waals surface area (Å²) in [6.07, 6.45) is 2.47. The molecule has 35 heavy (non-hydrogen) atoms. The fourth-order valence-electron chi connectivity index (χ4n) is 3.64. The number of nitrogens with one attached hydrogen (secondary N) is 1. The molecule has 0 fully saturated rings. The highest BCUT2D eigenvalue weighted by Gasteiger charge is 2.17. The molecule has 0 atom stereocenters. The van der Waals surface area contributed by atoms with E-state index in [9.17, 15) is 9.90 Å². The van der Waals surface area contributed by atoms with Gasteiger partial charge in [0.05, 0.1) is 12.3 Å². The molecule has 3 aromatic heterocycles. The molecule has 3 heterocycles. The zero-order chi connectivity index (χ0) is 24.8. The number of methoxy groups -OCH3 is 1. The third-order valence-corrected chi connectivity index (χ3v) is 6.11. The fraction of sp³-hybridized carbons (Fsp3) is 0.269. The SMILES string of the molecule is COCCOc1cccc(-n2nc(Nc3ncc(-c4cccs4)cc3C(=O)O)cc2CC(C)C)c1. The maximum Gasteiger partial charge on any atom is 0.339 e. The molecule has 0 unspecified atom stereocenters. The Labute approximate surface area is 208 Å². The number of benzene rings is 1. The molecule has 0 amide bonds. The van der Waals surface area contributed by atoms with Crippen molar-refractivity contribution in [2.45, 2.75) is 20.3 Å². The lowest BCUT2D eigenvalue weighted by Gasteiger charge is -2.11. The second-order valence-corrected chi connectivity index (χ2v) is 9.34. The number of thiophene rings is 1. The van der Waals surface area contributed by atoms with Crippen molar-refractivity contribution in [3.63, 3.8) is 0 Å². The van der Waals surface area contributed by atoms with Gasteiger partial charge in [0.15, 0.2) is 5.82 Å². The number of nitrogens with zero attached hydrogens (tertiary/aromatic N) is 3. The van der Waals surface area contributed by atoms with Gasteiger partial charge < -0.3 is 19.9 Å². The van der Waals surface area contributed by atoms with Gasteiger partial charge in [0, 0.05) is 41.6 Å². The topological polar surface area (TPSA) is 98.5 Å². The Kier molecular flexibility index (Phi) is 7.79. The number of anilines is 2. The lowest BCUT2D eigenvalue weighted by atomic mass is 10.1. The second kappa shape index (κ2) is 11.2. The van der Waals surface area contributed by atoms with Gasteiger partial charge in [-0.05, 0) is 42.0 Å². The van der Waals surface area contributed by atoms with Crippen molar-refractivity contribution >= 4 is 28.9 Å². The molecule has 8 nitrogen and oxygen atoms in total. The number of aromatic nitrogens is 3. The summed E-state index contributed by atoms with van der Waals surface area (Å²) >= 11 is 1.54. The number of hydrogen-bond donors (Lipinski definition) is 2. The van der Waals surface area contributed by atoms with Crippen molar-refractivity contribution in [2.24, 2.45) is 5.92 Å². The minimum Gasteiger partial charge on any atom is -0.491 e. The van der Waals surface area contributed by atoms with Crippen LogP contribution in [0.5, 0.6) is 5.75 Å². The highest BCUT2D eigenvalue weighted by molar-refractivity contribution is 7.13. The van der Waals surface area contributed by atoms with Gasteiger partial charge >= 0.3 is 5.97 Å². The first kappa shape index (κ1) is 24.4. The Morgan fingerprint density at radius 3 is 2.74 bits per heavy atom. The largest absolute Gasteiger partial charge is 0.491 e. The first-order chi connectivity index (χ1) is 16.9. The predicted molar refractivity (Wildman–Crippen MR) is 137 cm³/mol. The maximum atomic E-state index is 12.0. The highest BCUT2D eigenvalue weighted by Crippen LogP contribution is 2.29. The molecule has 0 bridgehead atoms. The molecule has 0 aliphatic carbocycles. The molecule has 0 aliphatic rings. The van der Waals surface area contributed by atoms with Gasteiger partial charge in [0.2, 0.25) is 0 Å². The Hall–Kier alpha value is -3.69. The number of pyridine rings is 1. The number of ether oxygens (including phenoxy) is 2. The molecule has 182 valence electrons. The molecular formula is C26H28N4O4S. The van der Waals surface area contributed by atoms with Crippen LogP contribution in [-0.4, -0.2) is 46.2 Å². The molecule has 0 saturated carbocycles. The van der Waals surface area contributed by atoms with E-state index in [2.05, 4.69) is 24.1 Å². The van der Waals surface area contributed by atoms with Crippen LogP contribution in [0.1, 0.15) is 29.9 Å². The average Bonchev–Trinajstić information content (AvgIpc) is 3.50. The van der Waals surface area contributed by atoms with Crippen LogP contribution in [-0.2, 0) is 11.2 Å². The van der Waals surface area contributed by atoms with Crippen LogP contribution in [0.2, 0.25) is 0 Å². The zero-order valence-electron chi connectivity index (χ0n) is 19.9. The van der Waals surface area contributed by atoms with Crippen LogP contribution >= 0.6 is 11.3 Å². The zero-order valence-corrected chi connectivity index (χ0v) is 20.7. The minimum atomic E-state index is -1.05. The number of carboxylic acids is 1. The fourth-order valence-corrected chi connectivity index (χ4v) is 4.35. The van der Waals surface area contributed by atoms with Gasteiger partial charge in [0.1, 0.15) is 23.7 Å². The van der Waals surface area contributed by atoms with Gasteiger partial charge in [-0.3, -0.25) is 0 Å². The van der Waals surface area contributed by atoms with Gasteiger partial charge in [-0.2, -0.15) is 0 Å². The normalized spacial score (nSPS) is 11.1. The van der Waals surface area contributed by atoms with E-state index in [0.717, 1.165) is 34.0 Å². The second-order valence-electron chi connectivity index (χ2n) is 8.40. The summed E-state index contributed by atoms with van der Waals surface area (Å²) in [5, 5.41) is 19.6. The molecule has 9 heteroatoms. The van der Waals surface area contributed by atoms with E-state index in [1.165, 1.54) is 11.3 Å². The highest BCUT2D eigenvalue weighted by atomic mass is 32.1. The Morgan fingerprint density at radius 1 is 1.17 bits per heavy atom. The summed E-state index contributed by atoms with van der Waals surface area (Å²) in [6, 6.07) is 15.1. The van der Waals surface area contributed by atoms with Gasteiger partial charge in [-0.1, -0.05) is 26.0 Å². The predicted octanol–water partition coefficient (Wildman–Crippen LogP) is 5.66. The van der Waals surface area contributed by atoms with Gasteiger partial charge in [-0.15, -0.1) is 16.4 Å². The minimum absolute atomic E-state index is 0.0874. The van der Waals surface area contributed by atoms with E-state index in [-0.39, 0.29) is 11.4 Å². The van der Waals surface area contributed by atoms with Crippen LogP contribution in [0.15, 0.2) is 60.1 Å². The first-order valence-electron chi connectivity index (χ1n) is 11.3. The molecule has 0 radical (unpaired) electrons. The lowest BCUT2D eigenvalue weighted by molar-refractivity contribution is 0.0697. The smallest absolute Gasteiger partial charge is 0.339 e. The van der Waals surface area contributed by atoms with Crippen molar-refractivity contribution < 1.29 is 19.4 Å². The molecule has 4 aromatic rings. The average molecular weight is 493 g/mol. The molecule has 0 saturated heterocycles. The van der Waals surface area contributed by atoms with E-state index < -0.39 is 5.97 Å². The lowest BCUT2D eigenvalue weighted by Crippen LogP contribution is -2.08. The summed E-state index contributed by atoms with van der Waals surface area (Å²) in [7, 11) is 1.64. The summed E-state index contributed by atoms with van der Waals surface area (Å²) in [4.78, 5) is 17.4. The van der Waals surface area contributed by atoms with E-state index in [0.29, 0.717) is 24.9 Å². The molecule has 0 spiro atoms. The Morgan fingerprint density at radius 2 is 2.03 bits per heavy atom. The summed E-state index contributed by atoms with van der Waals surface area (Å²) < 4.78 is 12.7. The molecular weight excluding hydrogens is 464 g/mol. The van der Waals surface area contributed by atoms with Crippen molar-refractivity contribution in [2.75, 3.05) is 25.6 Å². The van der Waals surface area contributed by atoms with Gasteiger partial charge in [-0.25, -0.2) is 14.5 Å². The molecule has 4 rings (SSSR count). The molecule has 1 aromatic carbocycles. The third-order valence-electron chi connectivity index (χ3n) is 5.19. The van der Waals surface area contributed by atoms with Crippen molar-refractivity contribution in [1.82, 2.24) is 14.8 Å². The Balaban J connectivity index is 1.66. The molecule has 0 aliphatic heterocycles. The number of rotatable bonds is 11. The van der Waals surface area contributed by atoms with Crippen LogP contribution in [0.4, 0.5) is 11.6 Å². The quantitative estimate of drug-likeness (QED) is 0.261. The number of carbonyl (C=O) groups is 1. The van der Waals surface area contributed by atoms with E-state index in [1.807, 2.05) is 52.5 Å². The summed E-state index contributed by atoms with van der Waals surface area (Å²) in [6.45, 7) is 5.24.